The highest BCUT2D eigenvalue weighted by atomic mass is 15.1. The zero-order valence-corrected chi connectivity index (χ0v) is 12.7. The SMILES string of the molecule is Cc1ccc(CNCCN2CCC(C)CC2)cc1C. The Morgan fingerprint density at radius 1 is 1.16 bits per heavy atom. The minimum atomic E-state index is 0.930. The summed E-state index contributed by atoms with van der Waals surface area (Å²) in [6.07, 6.45) is 2.74. The number of hydrogen-bond donors (Lipinski definition) is 1. The average Bonchev–Trinajstić information content (AvgIpc) is 2.41. The van der Waals surface area contributed by atoms with Crippen molar-refractivity contribution in [1.29, 1.82) is 0 Å². The topological polar surface area (TPSA) is 15.3 Å². The van der Waals surface area contributed by atoms with Gasteiger partial charge in [-0.1, -0.05) is 25.1 Å². The van der Waals surface area contributed by atoms with Gasteiger partial charge in [0.1, 0.15) is 0 Å². The van der Waals surface area contributed by atoms with Crippen LogP contribution in [-0.2, 0) is 6.54 Å². The molecule has 1 N–H and O–H groups in total. The Labute approximate surface area is 118 Å². The number of aryl methyl sites for hydroxylation is 2. The molecule has 2 heteroatoms. The molecule has 0 spiro atoms. The maximum atomic E-state index is 3.57. The number of nitrogens with one attached hydrogen (secondary N) is 1. The van der Waals surface area contributed by atoms with Gasteiger partial charge >= 0.3 is 0 Å². The van der Waals surface area contributed by atoms with Crippen molar-refractivity contribution in [3.8, 4) is 0 Å². The molecule has 1 aliphatic heterocycles. The van der Waals surface area contributed by atoms with Crippen LogP contribution in [0.15, 0.2) is 18.2 Å². The van der Waals surface area contributed by atoms with Crippen LogP contribution < -0.4 is 5.32 Å². The number of benzene rings is 1. The monoisotopic (exact) mass is 260 g/mol. The lowest BCUT2D eigenvalue weighted by atomic mass is 9.99. The molecule has 1 fully saturated rings. The van der Waals surface area contributed by atoms with Crippen molar-refractivity contribution in [3.05, 3.63) is 34.9 Å². The Morgan fingerprint density at radius 3 is 2.58 bits per heavy atom. The van der Waals surface area contributed by atoms with Crippen LogP contribution in [0.4, 0.5) is 0 Å². The summed E-state index contributed by atoms with van der Waals surface area (Å²) < 4.78 is 0. The van der Waals surface area contributed by atoms with Crippen LogP contribution in [0.5, 0.6) is 0 Å². The Morgan fingerprint density at radius 2 is 1.89 bits per heavy atom. The van der Waals surface area contributed by atoms with Crippen LogP contribution in [0.1, 0.15) is 36.5 Å². The van der Waals surface area contributed by atoms with Gasteiger partial charge in [0.05, 0.1) is 0 Å². The molecular weight excluding hydrogens is 232 g/mol. The fourth-order valence-corrected chi connectivity index (χ4v) is 2.67. The molecule has 1 saturated heterocycles. The molecule has 106 valence electrons. The van der Waals surface area contributed by atoms with E-state index in [4.69, 9.17) is 0 Å². The summed E-state index contributed by atoms with van der Waals surface area (Å²) in [4.78, 5) is 2.59. The minimum absolute atomic E-state index is 0.930. The van der Waals surface area contributed by atoms with E-state index in [-0.39, 0.29) is 0 Å². The summed E-state index contributed by atoms with van der Waals surface area (Å²) in [5.74, 6) is 0.930. The highest BCUT2D eigenvalue weighted by Gasteiger charge is 2.14. The van der Waals surface area contributed by atoms with E-state index in [1.54, 1.807) is 0 Å². The van der Waals surface area contributed by atoms with Crippen molar-refractivity contribution in [2.45, 2.75) is 40.2 Å². The lowest BCUT2D eigenvalue weighted by Gasteiger charge is -2.30. The molecule has 1 aliphatic rings. The first-order chi connectivity index (χ1) is 9.15. The number of hydrogen-bond acceptors (Lipinski definition) is 2. The third kappa shape index (κ3) is 4.63. The lowest BCUT2D eigenvalue weighted by Crippen LogP contribution is -2.37. The van der Waals surface area contributed by atoms with Gasteiger partial charge in [0.15, 0.2) is 0 Å². The maximum Gasteiger partial charge on any atom is 0.0206 e. The van der Waals surface area contributed by atoms with Gasteiger partial charge in [-0.25, -0.2) is 0 Å². The van der Waals surface area contributed by atoms with E-state index >= 15 is 0 Å². The van der Waals surface area contributed by atoms with Crippen molar-refractivity contribution in [2.75, 3.05) is 26.2 Å². The molecular formula is C17H28N2. The van der Waals surface area contributed by atoms with Gasteiger partial charge in [-0.2, -0.15) is 0 Å². The van der Waals surface area contributed by atoms with E-state index < -0.39 is 0 Å². The molecule has 2 nitrogen and oxygen atoms in total. The van der Waals surface area contributed by atoms with E-state index in [1.165, 1.54) is 49.2 Å². The Balaban J connectivity index is 1.65. The summed E-state index contributed by atoms with van der Waals surface area (Å²) in [5, 5.41) is 3.57. The van der Waals surface area contributed by atoms with Gasteiger partial charge in [-0.05, 0) is 62.4 Å². The molecule has 0 saturated carbocycles. The molecule has 19 heavy (non-hydrogen) atoms. The third-order valence-electron chi connectivity index (χ3n) is 4.38. The molecule has 0 radical (unpaired) electrons. The second-order valence-corrected chi connectivity index (χ2v) is 6.12. The molecule has 0 unspecified atom stereocenters. The minimum Gasteiger partial charge on any atom is -0.311 e. The van der Waals surface area contributed by atoms with E-state index in [9.17, 15) is 0 Å². The highest BCUT2D eigenvalue weighted by molar-refractivity contribution is 5.29. The van der Waals surface area contributed by atoms with Crippen molar-refractivity contribution >= 4 is 0 Å². The fraction of sp³-hybridized carbons (Fsp3) is 0.647. The van der Waals surface area contributed by atoms with E-state index in [0.717, 1.165) is 19.0 Å². The third-order valence-corrected chi connectivity index (χ3v) is 4.38. The van der Waals surface area contributed by atoms with E-state index in [1.807, 2.05) is 0 Å². The Kier molecular flexibility index (Phi) is 5.41. The predicted molar refractivity (Wildman–Crippen MR) is 82.5 cm³/mol. The first kappa shape index (κ1) is 14.5. The quantitative estimate of drug-likeness (QED) is 0.818. The van der Waals surface area contributed by atoms with Crippen LogP contribution in [0.3, 0.4) is 0 Å². The molecule has 1 aromatic carbocycles. The second kappa shape index (κ2) is 7.06. The van der Waals surface area contributed by atoms with Crippen molar-refractivity contribution in [1.82, 2.24) is 10.2 Å². The normalized spacial score (nSPS) is 17.8. The van der Waals surface area contributed by atoms with Gasteiger partial charge in [0, 0.05) is 19.6 Å². The molecule has 0 aliphatic carbocycles. The average molecular weight is 260 g/mol. The van der Waals surface area contributed by atoms with Crippen LogP contribution in [0.25, 0.3) is 0 Å². The largest absolute Gasteiger partial charge is 0.311 e. The summed E-state index contributed by atoms with van der Waals surface area (Å²) in [5.41, 5.74) is 4.17. The van der Waals surface area contributed by atoms with Crippen LogP contribution in [0.2, 0.25) is 0 Å². The predicted octanol–water partition coefficient (Wildman–Crippen LogP) is 3.12. The molecule has 1 aromatic rings. The number of nitrogens with zero attached hydrogens (tertiary/aromatic N) is 1. The van der Waals surface area contributed by atoms with Crippen LogP contribution in [0, 0.1) is 19.8 Å². The fourth-order valence-electron chi connectivity index (χ4n) is 2.67. The van der Waals surface area contributed by atoms with Gasteiger partial charge in [0.2, 0.25) is 0 Å². The summed E-state index contributed by atoms with van der Waals surface area (Å²) in [7, 11) is 0. The standard InChI is InChI=1S/C17H28N2/c1-14-6-9-19(10-7-14)11-8-18-13-17-5-4-15(2)16(3)12-17/h4-5,12,14,18H,6-11,13H2,1-3H3. The van der Waals surface area contributed by atoms with E-state index in [2.05, 4.69) is 49.2 Å². The Hall–Kier alpha value is -0.860. The van der Waals surface area contributed by atoms with Gasteiger partial charge < -0.3 is 10.2 Å². The highest BCUT2D eigenvalue weighted by Crippen LogP contribution is 2.15. The first-order valence-electron chi connectivity index (χ1n) is 7.64. The van der Waals surface area contributed by atoms with Crippen molar-refractivity contribution in [2.24, 2.45) is 5.92 Å². The lowest BCUT2D eigenvalue weighted by molar-refractivity contribution is 0.193. The second-order valence-electron chi connectivity index (χ2n) is 6.12. The number of rotatable bonds is 5. The molecule has 0 atom stereocenters. The van der Waals surface area contributed by atoms with Crippen LogP contribution in [-0.4, -0.2) is 31.1 Å². The number of likely N-dealkylation sites (tertiary alicyclic amines) is 1. The molecule has 0 amide bonds. The zero-order valence-electron chi connectivity index (χ0n) is 12.7. The molecule has 1 heterocycles. The molecule has 0 bridgehead atoms. The van der Waals surface area contributed by atoms with Crippen LogP contribution >= 0.6 is 0 Å². The zero-order chi connectivity index (χ0) is 13.7. The first-order valence-corrected chi connectivity index (χ1v) is 7.64. The summed E-state index contributed by atoms with van der Waals surface area (Å²) in [6.45, 7) is 12.6. The molecule has 0 aromatic heterocycles. The van der Waals surface area contributed by atoms with Crippen molar-refractivity contribution < 1.29 is 0 Å². The summed E-state index contributed by atoms with van der Waals surface area (Å²) in [6, 6.07) is 6.75. The van der Waals surface area contributed by atoms with Gasteiger partial charge in [-0.3, -0.25) is 0 Å². The van der Waals surface area contributed by atoms with Gasteiger partial charge in [0.25, 0.3) is 0 Å². The molecule has 2 rings (SSSR count). The summed E-state index contributed by atoms with van der Waals surface area (Å²) >= 11 is 0. The maximum absolute atomic E-state index is 3.57. The van der Waals surface area contributed by atoms with Crippen molar-refractivity contribution in [3.63, 3.8) is 0 Å². The van der Waals surface area contributed by atoms with E-state index in [0.29, 0.717) is 0 Å². The van der Waals surface area contributed by atoms with Gasteiger partial charge in [-0.15, -0.1) is 0 Å². The number of piperidine rings is 1. The smallest absolute Gasteiger partial charge is 0.0206 e. The Bertz CT molecular complexity index is 392.